The average molecular weight is 272 g/mol. The Hall–Kier alpha value is -1.37. The molecule has 0 amide bonds. The zero-order valence-corrected chi connectivity index (χ0v) is 12.5. The van der Waals surface area contributed by atoms with Gasteiger partial charge in [-0.2, -0.15) is 5.26 Å². The number of benzene rings is 1. The molecule has 1 atom stereocenters. The first-order chi connectivity index (χ1) is 9.58. The minimum Gasteiger partial charge on any atom is -0.395 e. The van der Waals surface area contributed by atoms with Crippen molar-refractivity contribution >= 4 is 0 Å². The molecule has 1 heterocycles. The van der Waals surface area contributed by atoms with Crippen molar-refractivity contribution in [2.45, 2.75) is 51.1 Å². The summed E-state index contributed by atoms with van der Waals surface area (Å²) in [5.74, 6) is 0. The summed E-state index contributed by atoms with van der Waals surface area (Å²) in [5, 5.41) is 18.9. The quantitative estimate of drug-likeness (QED) is 0.917. The minimum atomic E-state index is -0.471. The Morgan fingerprint density at radius 1 is 1.35 bits per heavy atom. The van der Waals surface area contributed by atoms with Crippen molar-refractivity contribution < 1.29 is 5.11 Å². The number of hydrogen-bond acceptors (Lipinski definition) is 3. The molecule has 0 spiro atoms. The average Bonchev–Trinajstić information content (AvgIpc) is 2.48. The summed E-state index contributed by atoms with van der Waals surface area (Å²) in [5.41, 5.74) is 1.84. The Labute approximate surface area is 121 Å². The first kappa shape index (κ1) is 15.0. The highest BCUT2D eigenvalue weighted by atomic mass is 16.3. The summed E-state index contributed by atoms with van der Waals surface area (Å²) in [6, 6.07) is 10.8. The maximum Gasteiger partial charge on any atom is 0.0769 e. The summed E-state index contributed by atoms with van der Waals surface area (Å²) < 4.78 is 0. The van der Waals surface area contributed by atoms with Crippen molar-refractivity contribution in [3.05, 3.63) is 35.4 Å². The lowest BCUT2D eigenvalue weighted by molar-refractivity contribution is 0.0837. The molecule has 108 valence electrons. The van der Waals surface area contributed by atoms with E-state index in [4.69, 9.17) is 0 Å². The zero-order valence-electron chi connectivity index (χ0n) is 12.5. The van der Waals surface area contributed by atoms with Crippen molar-refractivity contribution in [3.8, 4) is 6.07 Å². The van der Waals surface area contributed by atoms with Crippen molar-refractivity contribution in [2.24, 2.45) is 0 Å². The van der Waals surface area contributed by atoms with Gasteiger partial charge < -0.3 is 5.11 Å². The third kappa shape index (κ3) is 3.20. The van der Waals surface area contributed by atoms with E-state index in [-0.39, 0.29) is 12.6 Å². The number of likely N-dealkylation sites (tertiary alicyclic amines) is 1. The van der Waals surface area contributed by atoms with Gasteiger partial charge in [0.25, 0.3) is 0 Å². The van der Waals surface area contributed by atoms with Crippen LogP contribution in [0.4, 0.5) is 0 Å². The van der Waals surface area contributed by atoms with Crippen LogP contribution in [0.25, 0.3) is 0 Å². The molecule has 1 aliphatic heterocycles. The second-order valence-corrected chi connectivity index (χ2v) is 6.20. The molecule has 1 aliphatic rings. The van der Waals surface area contributed by atoms with Crippen LogP contribution in [0, 0.1) is 11.3 Å². The van der Waals surface area contributed by atoms with Crippen LogP contribution in [0.2, 0.25) is 0 Å². The fraction of sp³-hybridized carbons (Fsp3) is 0.588. The summed E-state index contributed by atoms with van der Waals surface area (Å²) in [4.78, 5) is 2.36. The van der Waals surface area contributed by atoms with E-state index in [0.717, 1.165) is 25.1 Å². The van der Waals surface area contributed by atoms with Gasteiger partial charge in [0, 0.05) is 12.6 Å². The van der Waals surface area contributed by atoms with E-state index in [2.05, 4.69) is 23.1 Å². The molecule has 1 N–H and O–H groups in total. The predicted molar refractivity (Wildman–Crippen MR) is 80.2 cm³/mol. The Morgan fingerprint density at radius 2 is 2.10 bits per heavy atom. The summed E-state index contributed by atoms with van der Waals surface area (Å²) in [6.07, 6.45) is 3.47. The molecule has 20 heavy (non-hydrogen) atoms. The van der Waals surface area contributed by atoms with E-state index < -0.39 is 5.41 Å². The smallest absolute Gasteiger partial charge is 0.0769 e. The first-order valence-electron chi connectivity index (χ1n) is 7.43. The van der Waals surface area contributed by atoms with Crippen molar-refractivity contribution in [2.75, 3.05) is 13.2 Å². The van der Waals surface area contributed by atoms with Gasteiger partial charge in [0.1, 0.15) is 0 Å². The fourth-order valence-corrected chi connectivity index (χ4v) is 3.02. The van der Waals surface area contributed by atoms with Crippen LogP contribution in [0.3, 0.4) is 0 Å². The van der Waals surface area contributed by atoms with E-state index >= 15 is 0 Å². The van der Waals surface area contributed by atoms with Gasteiger partial charge >= 0.3 is 0 Å². The number of rotatable bonds is 4. The highest BCUT2D eigenvalue weighted by Crippen LogP contribution is 2.28. The highest BCUT2D eigenvalue weighted by Gasteiger charge is 2.26. The molecule has 1 fully saturated rings. The van der Waals surface area contributed by atoms with E-state index in [1.54, 1.807) is 0 Å². The monoisotopic (exact) mass is 272 g/mol. The number of nitrogens with zero attached hydrogens (tertiary/aromatic N) is 2. The fourth-order valence-electron chi connectivity index (χ4n) is 3.02. The van der Waals surface area contributed by atoms with Crippen LogP contribution in [0.5, 0.6) is 0 Å². The molecule has 3 nitrogen and oxygen atoms in total. The van der Waals surface area contributed by atoms with Crippen molar-refractivity contribution in [1.82, 2.24) is 4.90 Å². The van der Waals surface area contributed by atoms with Crippen LogP contribution < -0.4 is 0 Å². The molecule has 0 radical (unpaired) electrons. The minimum absolute atomic E-state index is 0.226. The Balaban J connectivity index is 2.23. The summed E-state index contributed by atoms with van der Waals surface area (Å²) >= 11 is 0. The molecule has 0 bridgehead atoms. The van der Waals surface area contributed by atoms with E-state index in [9.17, 15) is 10.4 Å². The molecule has 3 heteroatoms. The Morgan fingerprint density at radius 3 is 2.80 bits per heavy atom. The lowest BCUT2D eigenvalue weighted by Crippen LogP contribution is -2.41. The molecule has 0 aromatic heterocycles. The number of aliphatic hydroxyl groups is 1. The van der Waals surface area contributed by atoms with Gasteiger partial charge in [-0.1, -0.05) is 30.7 Å². The molecule has 0 saturated carbocycles. The van der Waals surface area contributed by atoms with Gasteiger partial charge in [-0.3, -0.25) is 4.90 Å². The van der Waals surface area contributed by atoms with Gasteiger partial charge in [0.15, 0.2) is 0 Å². The summed E-state index contributed by atoms with van der Waals surface area (Å²) in [6.45, 7) is 6.01. The van der Waals surface area contributed by atoms with Gasteiger partial charge in [0.2, 0.25) is 0 Å². The largest absolute Gasteiger partial charge is 0.395 e. The molecule has 0 aliphatic carbocycles. The van der Waals surface area contributed by atoms with E-state index in [1.807, 2.05) is 26.0 Å². The lowest BCUT2D eigenvalue weighted by atomic mass is 9.83. The number of hydrogen-bond donors (Lipinski definition) is 1. The molecule has 1 saturated heterocycles. The van der Waals surface area contributed by atoms with Crippen LogP contribution >= 0.6 is 0 Å². The van der Waals surface area contributed by atoms with Gasteiger partial charge in [-0.05, 0) is 44.4 Å². The first-order valence-corrected chi connectivity index (χ1v) is 7.43. The maximum atomic E-state index is 9.52. The lowest BCUT2D eigenvalue weighted by Gasteiger charge is -2.35. The normalized spacial score (nSPS) is 20.6. The van der Waals surface area contributed by atoms with E-state index in [0.29, 0.717) is 0 Å². The maximum absolute atomic E-state index is 9.52. The van der Waals surface area contributed by atoms with Crippen LogP contribution in [-0.4, -0.2) is 29.2 Å². The zero-order chi connectivity index (χ0) is 14.6. The SMILES string of the molecule is CC(C)(C#N)c1ccccc1CN1CCCCC1CO. The molecule has 1 aromatic carbocycles. The molecule has 1 aromatic rings. The number of piperidine rings is 1. The molecule has 1 unspecified atom stereocenters. The van der Waals surface area contributed by atoms with Crippen LogP contribution in [-0.2, 0) is 12.0 Å². The van der Waals surface area contributed by atoms with Crippen molar-refractivity contribution in [3.63, 3.8) is 0 Å². The van der Waals surface area contributed by atoms with E-state index in [1.165, 1.54) is 18.4 Å². The van der Waals surface area contributed by atoms with Crippen LogP contribution in [0.1, 0.15) is 44.2 Å². The molecular weight excluding hydrogens is 248 g/mol. The van der Waals surface area contributed by atoms with Crippen molar-refractivity contribution in [1.29, 1.82) is 5.26 Å². The third-order valence-corrected chi connectivity index (χ3v) is 4.30. The van der Waals surface area contributed by atoms with Gasteiger partial charge in [-0.15, -0.1) is 0 Å². The molecular formula is C17H24N2O. The predicted octanol–water partition coefficient (Wildman–Crippen LogP) is 2.83. The Kier molecular flexibility index (Phi) is 4.80. The summed E-state index contributed by atoms with van der Waals surface area (Å²) in [7, 11) is 0. The topological polar surface area (TPSA) is 47.3 Å². The Bertz CT molecular complexity index is 490. The second-order valence-electron chi connectivity index (χ2n) is 6.20. The van der Waals surface area contributed by atoms with Gasteiger partial charge in [-0.25, -0.2) is 0 Å². The second kappa shape index (κ2) is 6.39. The number of aliphatic hydroxyl groups excluding tert-OH is 1. The number of nitriles is 1. The third-order valence-electron chi connectivity index (χ3n) is 4.30. The highest BCUT2D eigenvalue weighted by molar-refractivity contribution is 5.37. The molecule has 2 rings (SSSR count). The van der Waals surface area contributed by atoms with Crippen LogP contribution in [0.15, 0.2) is 24.3 Å². The van der Waals surface area contributed by atoms with Gasteiger partial charge in [0.05, 0.1) is 18.1 Å². The standard InChI is InChI=1S/C17H24N2O/c1-17(2,13-18)16-9-4-3-7-14(16)11-19-10-6-5-8-15(19)12-20/h3-4,7,9,15,20H,5-6,8,10-12H2,1-2H3.